The molecule has 1 aromatic carbocycles. The lowest BCUT2D eigenvalue weighted by molar-refractivity contribution is -0.173. The molecule has 12 heteroatoms. The second kappa shape index (κ2) is 13.8. The molecule has 0 unspecified atom stereocenters. The lowest BCUT2D eigenvalue weighted by Gasteiger charge is -2.31. The van der Waals surface area contributed by atoms with Gasteiger partial charge in [0.05, 0.1) is 26.2 Å². The molecule has 0 aliphatic carbocycles. The van der Waals surface area contributed by atoms with Crippen molar-refractivity contribution in [1.82, 2.24) is 10.3 Å². The number of halogens is 1. The molecule has 4 atom stereocenters. The zero-order valence-electron chi connectivity index (χ0n) is 23.0. The van der Waals surface area contributed by atoms with E-state index in [0.29, 0.717) is 6.42 Å². The van der Waals surface area contributed by atoms with Gasteiger partial charge >= 0.3 is 17.9 Å². The van der Waals surface area contributed by atoms with E-state index in [-0.39, 0.29) is 36.2 Å². The average molecular weight is 561 g/mol. The molecular formula is C28H33FN2O9. The number of methoxy groups -OCH3 is 1. The number of pyridine rings is 1. The Morgan fingerprint density at radius 2 is 1.85 bits per heavy atom. The van der Waals surface area contributed by atoms with Crippen LogP contribution in [0.4, 0.5) is 4.39 Å². The molecular weight excluding hydrogens is 527 g/mol. The first-order valence-electron chi connectivity index (χ1n) is 12.8. The summed E-state index contributed by atoms with van der Waals surface area (Å²) in [6.45, 7) is 5.87. The second-order valence-corrected chi connectivity index (χ2v) is 9.64. The van der Waals surface area contributed by atoms with Crippen molar-refractivity contribution in [2.75, 3.05) is 20.3 Å². The third-order valence-corrected chi connectivity index (χ3v) is 6.12. The fourth-order valence-corrected chi connectivity index (χ4v) is 4.10. The van der Waals surface area contributed by atoms with E-state index in [0.717, 1.165) is 12.5 Å². The molecule has 1 fully saturated rings. The van der Waals surface area contributed by atoms with Gasteiger partial charge in [-0.3, -0.25) is 14.4 Å². The third-order valence-electron chi connectivity index (χ3n) is 6.12. The van der Waals surface area contributed by atoms with Gasteiger partial charge in [-0.05, 0) is 31.0 Å². The minimum atomic E-state index is -1.26. The highest BCUT2D eigenvalue weighted by atomic mass is 19.1. The normalized spacial score (nSPS) is 21.3. The summed E-state index contributed by atoms with van der Waals surface area (Å²) >= 11 is 0. The van der Waals surface area contributed by atoms with E-state index in [1.165, 1.54) is 31.5 Å². The van der Waals surface area contributed by atoms with Gasteiger partial charge in [-0.15, -0.1) is 0 Å². The fraction of sp³-hybridized carbons (Fsp3) is 0.464. The first-order valence-corrected chi connectivity index (χ1v) is 12.8. The summed E-state index contributed by atoms with van der Waals surface area (Å²) in [6.07, 6.45) is -0.161. The molecule has 0 radical (unpaired) electrons. The lowest BCUT2D eigenvalue weighted by atomic mass is 9.91. The smallest absolute Gasteiger partial charge is 0.331 e. The monoisotopic (exact) mass is 560 g/mol. The molecule has 1 aliphatic heterocycles. The van der Waals surface area contributed by atoms with E-state index >= 15 is 0 Å². The molecule has 0 saturated carbocycles. The van der Waals surface area contributed by atoms with E-state index in [1.807, 2.05) is 0 Å². The van der Waals surface area contributed by atoms with Crippen LogP contribution in [0.2, 0.25) is 0 Å². The SMILES string of the molecule is COc1ccnc(C(=O)N[C@H]2COC[C@H](Cc3ccc(F)cc3)[C@@H](OC(=O)C(C)C)[C@H](C)OC2=O)c1OC(C)=O. The van der Waals surface area contributed by atoms with Crippen LogP contribution in [0.5, 0.6) is 11.5 Å². The standard InChI is InChI=1S/C28H33FN2O9/c1-15(2)27(34)40-24-16(3)38-28(35)21(14-37-13-19(24)12-18-6-8-20(29)9-7-18)31-26(33)23-25(39-17(4)32)22(36-5)10-11-30-23/h6-11,15-16,19,21,24H,12-14H2,1-5H3,(H,31,33)/t16-,19-,21-,24-/m0/s1. The minimum Gasteiger partial charge on any atom is -0.493 e. The second-order valence-electron chi connectivity index (χ2n) is 9.64. The zero-order chi connectivity index (χ0) is 29.4. The highest BCUT2D eigenvalue weighted by Crippen LogP contribution is 2.30. The Hall–Kier alpha value is -4.06. The topological polar surface area (TPSA) is 139 Å². The van der Waals surface area contributed by atoms with Crippen molar-refractivity contribution in [1.29, 1.82) is 0 Å². The maximum absolute atomic E-state index is 13.5. The molecule has 3 rings (SSSR count). The molecule has 1 N–H and O–H groups in total. The van der Waals surface area contributed by atoms with Crippen molar-refractivity contribution in [3.63, 3.8) is 0 Å². The number of benzene rings is 1. The fourth-order valence-electron chi connectivity index (χ4n) is 4.10. The molecule has 1 aromatic heterocycles. The van der Waals surface area contributed by atoms with Crippen LogP contribution in [-0.2, 0) is 35.0 Å². The quantitative estimate of drug-likeness (QED) is 0.479. The number of aromatic nitrogens is 1. The zero-order valence-corrected chi connectivity index (χ0v) is 23.0. The molecule has 1 saturated heterocycles. The van der Waals surface area contributed by atoms with Gasteiger partial charge in [0.2, 0.25) is 5.75 Å². The van der Waals surface area contributed by atoms with Gasteiger partial charge in [0, 0.05) is 25.1 Å². The number of ether oxygens (including phenoxy) is 5. The molecule has 40 heavy (non-hydrogen) atoms. The van der Waals surface area contributed by atoms with E-state index in [1.54, 1.807) is 32.9 Å². The molecule has 2 aromatic rings. The van der Waals surface area contributed by atoms with Crippen molar-refractivity contribution in [2.24, 2.45) is 11.8 Å². The summed E-state index contributed by atoms with van der Waals surface area (Å²) in [5.74, 6) is -4.24. The van der Waals surface area contributed by atoms with Gasteiger partial charge in [-0.2, -0.15) is 0 Å². The van der Waals surface area contributed by atoms with Crippen LogP contribution in [0.3, 0.4) is 0 Å². The van der Waals surface area contributed by atoms with Crippen molar-refractivity contribution >= 4 is 23.8 Å². The van der Waals surface area contributed by atoms with Gasteiger partial charge in [0.1, 0.15) is 18.0 Å². The number of esters is 3. The van der Waals surface area contributed by atoms with Crippen molar-refractivity contribution in [2.45, 2.75) is 52.4 Å². The van der Waals surface area contributed by atoms with E-state index in [9.17, 15) is 23.6 Å². The Labute approximate surface area is 231 Å². The highest BCUT2D eigenvalue weighted by Gasteiger charge is 2.38. The van der Waals surface area contributed by atoms with E-state index in [2.05, 4.69) is 10.3 Å². The molecule has 1 aliphatic rings. The highest BCUT2D eigenvalue weighted by molar-refractivity contribution is 5.98. The molecule has 0 spiro atoms. The number of hydrogen-bond donors (Lipinski definition) is 1. The van der Waals surface area contributed by atoms with Crippen LogP contribution in [0, 0.1) is 17.7 Å². The van der Waals surface area contributed by atoms with Crippen LogP contribution < -0.4 is 14.8 Å². The van der Waals surface area contributed by atoms with Crippen LogP contribution in [0.15, 0.2) is 36.5 Å². The van der Waals surface area contributed by atoms with Gasteiger partial charge in [0.15, 0.2) is 17.5 Å². The summed E-state index contributed by atoms with van der Waals surface area (Å²) in [5.41, 5.74) is 0.485. The third kappa shape index (κ3) is 7.98. The van der Waals surface area contributed by atoms with Crippen molar-refractivity contribution < 1.29 is 47.3 Å². The number of rotatable bonds is 8. The number of carbonyl (C=O) groups is 4. The Morgan fingerprint density at radius 1 is 1.15 bits per heavy atom. The summed E-state index contributed by atoms with van der Waals surface area (Å²) in [6, 6.07) is 6.03. The van der Waals surface area contributed by atoms with Gasteiger partial charge in [-0.25, -0.2) is 14.2 Å². The maximum Gasteiger partial charge on any atom is 0.331 e. The average Bonchev–Trinajstić information content (AvgIpc) is 2.95. The molecule has 216 valence electrons. The van der Waals surface area contributed by atoms with Gasteiger partial charge < -0.3 is 29.0 Å². The lowest BCUT2D eigenvalue weighted by Crippen LogP contribution is -2.47. The molecule has 1 amide bonds. The van der Waals surface area contributed by atoms with Crippen LogP contribution in [0.25, 0.3) is 0 Å². The number of carbonyl (C=O) groups excluding carboxylic acids is 4. The summed E-state index contributed by atoms with van der Waals surface area (Å²) in [5, 5.41) is 2.51. The predicted octanol–water partition coefficient (Wildman–Crippen LogP) is 2.64. The Morgan fingerprint density at radius 3 is 2.48 bits per heavy atom. The number of nitrogens with zero attached hydrogens (tertiary/aromatic N) is 1. The molecule has 11 nitrogen and oxygen atoms in total. The summed E-state index contributed by atoms with van der Waals surface area (Å²) in [7, 11) is 1.33. The summed E-state index contributed by atoms with van der Waals surface area (Å²) < 4.78 is 41.0. The molecule has 2 heterocycles. The van der Waals surface area contributed by atoms with Gasteiger partial charge in [0.25, 0.3) is 5.91 Å². The number of hydrogen-bond acceptors (Lipinski definition) is 10. The summed E-state index contributed by atoms with van der Waals surface area (Å²) in [4.78, 5) is 54.4. The van der Waals surface area contributed by atoms with Crippen LogP contribution in [-0.4, -0.2) is 67.4 Å². The first-order chi connectivity index (χ1) is 19.0. The first kappa shape index (κ1) is 30.5. The largest absolute Gasteiger partial charge is 0.493 e. The van der Waals surface area contributed by atoms with Gasteiger partial charge in [-0.1, -0.05) is 26.0 Å². The number of amides is 1. The van der Waals surface area contributed by atoms with Crippen LogP contribution in [0.1, 0.15) is 43.7 Å². The number of nitrogens with one attached hydrogen (secondary N) is 1. The Bertz CT molecular complexity index is 1220. The molecule has 0 bridgehead atoms. The van der Waals surface area contributed by atoms with Crippen molar-refractivity contribution in [3.05, 3.63) is 53.6 Å². The van der Waals surface area contributed by atoms with Crippen LogP contribution >= 0.6 is 0 Å². The maximum atomic E-state index is 13.5. The predicted molar refractivity (Wildman–Crippen MR) is 138 cm³/mol. The Balaban J connectivity index is 1.85. The van der Waals surface area contributed by atoms with Crippen molar-refractivity contribution in [3.8, 4) is 11.5 Å². The Kier molecular flexibility index (Phi) is 10.5. The van der Waals surface area contributed by atoms with E-state index < -0.39 is 53.9 Å². The van der Waals surface area contributed by atoms with E-state index in [4.69, 9.17) is 23.7 Å². The minimum absolute atomic E-state index is 0.0386. The number of cyclic esters (lactones) is 1.